The van der Waals surface area contributed by atoms with Crippen molar-refractivity contribution in [3.05, 3.63) is 59.7 Å². The summed E-state index contributed by atoms with van der Waals surface area (Å²) in [5, 5.41) is 12.3. The zero-order valence-corrected chi connectivity index (χ0v) is 19.8. The van der Waals surface area contributed by atoms with E-state index >= 15 is 0 Å². The van der Waals surface area contributed by atoms with E-state index in [1.165, 1.54) is 27.2 Å². The van der Waals surface area contributed by atoms with Crippen molar-refractivity contribution in [2.75, 3.05) is 19.7 Å². The standard InChI is InChI=1S/C27H32N2O5/c1-18(12-13-24(30)29-15-7-14-27(29,2)25(31)32)16-28-26(33)34-17-23-21-10-5-3-8-19(21)20-9-4-6-11-22(20)23/h3-6,8-11,18,23H,7,12-17H2,1-2H3,(H,28,33)(H,31,32)/t18?,27-/m1/s1. The van der Waals surface area contributed by atoms with E-state index in [4.69, 9.17) is 4.74 Å². The Morgan fingerprint density at radius 1 is 1.12 bits per heavy atom. The van der Waals surface area contributed by atoms with Gasteiger partial charge in [0.25, 0.3) is 0 Å². The number of nitrogens with zero attached hydrogens (tertiary/aromatic N) is 1. The normalized spacial score (nSPS) is 19.9. The maximum Gasteiger partial charge on any atom is 0.407 e. The van der Waals surface area contributed by atoms with Crippen LogP contribution in [0, 0.1) is 5.92 Å². The minimum atomic E-state index is -1.11. The predicted octanol–water partition coefficient (Wildman–Crippen LogP) is 4.41. The molecule has 2 aromatic rings. The van der Waals surface area contributed by atoms with Crippen molar-refractivity contribution >= 4 is 18.0 Å². The Morgan fingerprint density at radius 2 is 1.74 bits per heavy atom. The molecule has 2 aromatic carbocycles. The summed E-state index contributed by atoms with van der Waals surface area (Å²) in [6.07, 6.45) is 1.53. The third kappa shape index (κ3) is 4.65. The van der Waals surface area contributed by atoms with Crippen LogP contribution in [0.15, 0.2) is 48.5 Å². The van der Waals surface area contributed by atoms with E-state index < -0.39 is 17.6 Å². The lowest BCUT2D eigenvalue weighted by Crippen LogP contribution is -2.50. The summed E-state index contributed by atoms with van der Waals surface area (Å²) >= 11 is 0. The molecule has 0 spiro atoms. The summed E-state index contributed by atoms with van der Waals surface area (Å²) < 4.78 is 5.56. The second kappa shape index (κ2) is 9.87. The van der Waals surface area contributed by atoms with Gasteiger partial charge in [-0.3, -0.25) is 4.79 Å². The molecule has 7 heteroatoms. The number of ether oxygens (including phenoxy) is 1. The summed E-state index contributed by atoms with van der Waals surface area (Å²) in [5.74, 6) is -1.03. The van der Waals surface area contributed by atoms with Crippen molar-refractivity contribution in [2.24, 2.45) is 5.92 Å². The fraction of sp³-hybridized carbons (Fsp3) is 0.444. The fourth-order valence-corrected chi connectivity index (χ4v) is 5.10. The highest BCUT2D eigenvalue weighted by molar-refractivity contribution is 5.87. The zero-order valence-electron chi connectivity index (χ0n) is 19.8. The molecule has 2 atom stereocenters. The summed E-state index contributed by atoms with van der Waals surface area (Å²) in [4.78, 5) is 38.0. The lowest BCUT2D eigenvalue weighted by atomic mass is 9.98. The number of fused-ring (bicyclic) bond motifs is 3. The molecule has 2 N–H and O–H groups in total. The molecule has 1 aliphatic carbocycles. The largest absolute Gasteiger partial charge is 0.480 e. The van der Waals surface area contributed by atoms with Crippen molar-refractivity contribution < 1.29 is 24.2 Å². The number of carbonyl (C=O) groups excluding carboxylic acids is 2. The maximum atomic E-state index is 12.6. The molecular formula is C27H32N2O5. The summed E-state index contributed by atoms with van der Waals surface area (Å²) in [5.41, 5.74) is 3.59. The van der Waals surface area contributed by atoms with Crippen molar-refractivity contribution in [2.45, 2.75) is 51.0 Å². The van der Waals surface area contributed by atoms with Crippen LogP contribution in [0.5, 0.6) is 0 Å². The number of hydrogen-bond acceptors (Lipinski definition) is 4. The summed E-state index contributed by atoms with van der Waals surface area (Å²) in [7, 11) is 0. The van der Waals surface area contributed by atoms with Gasteiger partial charge in [-0.2, -0.15) is 0 Å². The number of benzene rings is 2. The molecule has 34 heavy (non-hydrogen) atoms. The summed E-state index contributed by atoms with van der Waals surface area (Å²) in [6, 6.07) is 16.4. The van der Waals surface area contributed by atoms with E-state index in [2.05, 4.69) is 29.6 Å². The monoisotopic (exact) mass is 464 g/mol. The van der Waals surface area contributed by atoms with E-state index in [0.29, 0.717) is 32.4 Å². The van der Waals surface area contributed by atoms with Crippen LogP contribution in [0.1, 0.15) is 56.6 Å². The van der Waals surface area contributed by atoms with Crippen LogP contribution >= 0.6 is 0 Å². The minimum Gasteiger partial charge on any atom is -0.480 e. The number of hydrogen-bond donors (Lipinski definition) is 2. The highest BCUT2D eigenvalue weighted by Gasteiger charge is 2.45. The van der Waals surface area contributed by atoms with Gasteiger partial charge in [-0.05, 0) is 54.4 Å². The molecule has 0 radical (unpaired) electrons. The van der Waals surface area contributed by atoms with E-state index in [-0.39, 0.29) is 30.8 Å². The highest BCUT2D eigenvalue weighted by Crippen LogP contribution is 2.44. The van der Waals surface area contributed by atoms with Crippen LogP contribution in [0.25, 0.3) is 11.1 Å². The highest BCUT2D eigenvalue weighted by atomic mass is 16.5. The van der Waals surface area contributed by atoms with Gasteiger partial charge in [-0.1, -0.05) is 55.5 Å². The number of carboxylic acid groups (broad SMARTS) is 1. The average molecular weight is 465 g/mol. The van der Waals surface area contributed by atoms with Crippen LogP contribution < -0.4 is 5.32 Å². The molecule has 7 nitrogen and oxygen atoms in total. The molecule has 2 amide bonds. The fourth-order valence-electron chi connectivity index (χ4n) is 5.10. The number of alkyl carbamates (subject to hydrolysis) is 1. The van der Waals surface area contributed by atoms with E-state index in [0.717, 1.165) is 0 Å². The molecule has 0 aromatic heterocycles. The topological polar surface area (TPSA) is 95.9 Å². The molecule has 1 fully saturated rings. The molecule has 0 bridgehead atoms. The van der Waals surface area contributed by atoms with Crippen LogP contribution in [-0.4, -0.2) is 53.2 Å². The van der Waals surface area contributed by atoms with Crippen LogP contribution in [-0.2, 0) is 14.3 Å². The lowest BCUT2D eigenvalue weighted by molar-refractivity contribution is -0.155. The maximum absolute atomic E-state index is 12.6. The second-order valence-corrected chi connectivity index (χ2v) is 9.58. The number of nitrogens with one attached hydrogen (secondary N) is 1. The number of amides is 2. The van der Waals surface area contributed by atoms with E-state index in [1.807, 2.05) is 31.2 Å². The molecule has 4 rings (SSSR count). The van der Waals surface area contributed by atoms with Gasteiger partial charge in [0.1, 0.15) is 12.1 Å². The van der Waals surface area contributed by atoms with Gasteiger partial charge in [0.15, 0.2) is 0 Å². The molecule has 1 unspecified atom stereocenters. The van der Waals surface area contributed by atoms with Gasteiger partial charge in [0.05, 0.1) is 0 Å². The average Bonchev–Trinajstić information content (AvgIpc) is 3.39. The van der Waals surface area contributed by atoms with Crippen molar-refractivity contribution in [1.29, 1.82) is 0 Å². The number of carboxylic acids is 1. The van der Waals surface area contributed by atoms with Gasteiger partial charge in [-0.15, -0.1) is 0 Å². The Labute approximate surface area is 200 Å². The Morgan fingerprint density at radius 3 is 2.35 bits per heavy atom. The molecular weight excluding hydrogens is 432 g/mol. The van der Waals surface area contributed by atoms with Gasteiger partial charge < -0.3 is 20.1 Å². The second-order valence-electron chi connectivity index (χ2n) is 9.58. The van der Waals surface area contributed by atoms with Gasteiger partial charge in [0.2, 0.25) is 5.91 Å². The zero-order chi connectivity index (χ0) is 24.3. The predicted molar refractivity (Wildman–Crippen MR) is 128 cm³/mol. The molecule has 2 aliphatic rings. The first-order chi connectivity index (χ1) is 16.3. The SMILES string of the molecule is CC(CCC(=O)N1CCC[C@]1(C)C(=O)O)CNC(=O)OCC1c2ccccc2-c2ccccc21. The van der Waals surface area contributed by atoms with Gasteiger partial charge in [0, 0.05) is 25.4 Å². The first kappa shape index (κ1) is 23.8. The Hall–Kier alpha value is -3.35. The van der Waals surface area contributed by atoms with Gasteiger partial charge >= 0.3 is 12.1 Å². The minimum absolute atomic E-state index is 0.0113. The van der Waals surface area contributed by atoms with Crippen LogP contribution in [0.4, 0.5) is 4.79 Å². The molecule has 1 heterocycles. The Bertz CT molecular complexity index is 1040. The van der Waals surface area contributed by atoms with Gasteiger partial charge in [-0.25, -0.2) is 9.59 Å². The van der Waals surface area contributed by atoms with Crippen molar-refractivity contribution in [1.82, 2.24) is 10.2 Å². The summed E-state index contributed by atoms with van der Waals surface area (Å²) in [6.45, 7) is 4.70. The van der Waals surface area contributed by atoms with Crippen LogP contribution in [0.3, 0.4) is 0 Å². The number of carbonyl (C=O) groups is 3. The van der Waals surface area contributed by atoms with Crippen molar-refractivity contribution in [3.8, 4) is 11.1 Å². The molecule has 1 aliphatic heterocycles. The Kier molecular flexibility index (Phi) is 6.91. The Balaban J connectivity index is 1.23. The molecule has 1 saturated heterocycles. The smallest absolute Gasteiger partial charge is 0.407 e. The first-order valence-corrected chi connectivity index (χ1v) is 11.9. The van der Waals surface area contributed by atoms with Crippen molar-refractivity contribution in [3.63, 3.8) is 0 Å². The van der Waals surface area contributed by atoms with Crippen LogP contribution in [0.2, 0.25) is 0 Å². The number of aliphatic carboxylic acids is 1. The van der Waals surface area contributed by atoms with E-state index in [1.54, 1.807) is 6.92 Å². The third-order valence-electron chi connectivity index (χ3n) is 7.19. The lowest BCUT2D eigenvalue weighted by Gasteiger charge is -2.31. The first-order valence-electron chi connectivity index (χ1n) is 11.9. The van der Waals surface area contributed by atoms with E-state index in [9.17, 15) is 19.5 Å². The molecule has 180 valence electrons. The molecule has 0 saturated carbocycles. The number of rotatable bonds is 8. The third-order valence-corrected chi connectivity index (χ3v) is 7.19. The number of likely N-dealkylation sites (tertiary alicyclic amines) is 1. The quantitative estimate of drug-likeness (QED) is 0.603.